The summed E-state index contributed by atoms with van der Waals surface area (Å²) < 4.78 is 58.4. The predicted octanol–water partition coefficient (Wildman–Crippen LogP) is 5.05. The van der Waals surface area contributed by atoms with Crippen LogP contribution < -0.4 is 14.2 Å². The van der Waals surface area contributed by atoms with E-state index in [1.165, 1.54) is 56.7 Å². The number of esters is 1. The van der Waals surface area contributed by atoms with Gasteiger partial charge in [0.05, 0.1) is 19.8 Å². The van der Waals surface area contributed by atoms with Crippen molar-refractivity contribution in [3.63, 3.8) is 0 Å². The summed E-state index contributed by atoms with van der Waals surface area (Å²) in [6.07, 6.45) is -4.78. The Labute approximate surface area is 193 Å². The Morgan fingerprint density at radius 1 is 0.941 bits per heavy atom. The average Bonchev–Trinajstić information content (AvgIpc) is 3.10. The van der Waals surface area contributed by atoms with Gasteiger partial charge in [0.15, 0.2) is 18.1 Å². The van der Waals surface area contributed by atoms with Crippen LogP contribution in [0.15, 0.2) is 48.5 Å². The van der Waals surface area contributed by atoms with Gasteiger partial charge in [0.25, 0.3) is 0 Å². The minimum Gasteiger partial charge on any atom is -0.493 e. The summed E-state index contributed by atoms with van der Waals surface area (Å²) >= 11 is 0. The summed E-state index contributed by atoms with van der Waals surface area (Å²) in [5.74, 6) is -0.641. The van der Waals surface area contributed by atoms with Gasteiger partial charge in [-0.15, -0.1) is 13.2 Å². The SMILES string of the molecule is COC(=O)c1ccc(OCC(=O)c2cc(C)n(-c3ccc(OC(F)(F)F)cc3)c2C)c(OC)c1. The van der Waals surface area contributed by atoms with E-state index in [1.54, 1.807) is 24.5 Å². The number of alkyl halides is 3. The van der Waals surface area contributed by atoms with Crippen molar-refractivity contribution in [3.8, 4) is 22.9 Å². The van der Waals surface area contributed by atoms with E-state index < -0.39 is 12.3 Å². The van der Waals surface area contributed by atoms with Crippen LogP contribution >= 0.6 is 0 Å². The molecule has 1 heterocycles. The van der Waals surface area contributed by atoms with Gasteiger partial charge in [-0.25, -0.2) is 4.79 Å². The lowest BCUT2D eigenvalue weighted by atomic mass is 10.1. The van der Waals surface area contributed by atoms with Crippen molar-refractivity contribution in [2.75, 3.05) is 20.8 Å². The van der Waals surface area contributed by atoms with Gasteiger partial charge in [-0.05, 0) is 62.4 Å². The van der Waals surface area contributed by atoms with E-state index in [0.29, 0.717) is 22.6 Å². The second-order valence-corrected chi connectivity index (χ2v) is 7.23. The molecule has 0 aliphatic rings. The normalized spacial score (nSPS) is 11.1. The van der Waals surface area contributed by atoms with E-state index in [0.717, 1.165) is 0 Å². The Balaban J connectivity index is 1.77. The largest absolute Gasteiger partial charge is 0.573 e. The molecule has 0 aliphatic heterocycles. The fraction of sp³-hybridized carbons (Fsp3) is 0.250. The second-order valence-electron chi connectivity index (χ2n) is 7.23. The summed E-state index contributed by atoms with van der Waals surface area (Å²) in [7, 11) is 2.67. The number of ether oxygens (including phenoxy) is 4. The van der Waals surface area contributed by atoms with Crippen molar-refractivity contribution in [3.05, 3.63) is 71.0 Å². The summed E-state index contributed by atoms with van der Waals surface area (Å²) in [6, 6.07) is 11.5. The van der Waals surface area contributed by atoms with E-state index in [9.17, 15) is 22.8 Å². The number of rotatable bonds is 8. The highest BCUT2D eigenvalue weighted by Gasteiger charge is 2.31. The zero-order valence-electron chi connectivity index (χ0n) is 18.9. The number of hydrogen-bond acceptors (Lipinski definition) is 6. The van der Waals surface area contributed by atoms with Gasteiger partial charge in [-0.1, -0.05) is 0 Å². The summed E-state index contributed by atoms with van der Waals surface area (Å²) in [5, 5.41) is 0. The maximum atomic E-state index is 12.9. The highest BCUT2D eigenvalue weighted by molar-refractivity contribution is 5.99. The number of halogens is 3. The standard InChI is InChI=1S/C24H22F3NO6/c1-14-11-19(15(2)28(14)17-6-8-18(9-7-17)34-24(25,26)27)20(29)13-33-21-10-5-16(23(30)32-4)12-22(21)31-3/h5-12H,13H2,1-4H3. The lowest BCUT2D eigenvalue weighted by Crippen LogP contribution is -2.17. The molecule has 7 nitrogen and oxygen atoms in total. The van der Waals surface area contributed by atoms with Gasteiger partial charge >= 0.3 is 12.3 Å². The Bertz CT molecular complexity index is 1200. The van der Waals surface area contributed by atoms with Crippen LogP contribution in [0.5, 0.6) is 17.2 Å². The fourth-order valence-corrected chi connectivity index (χ4v) is 3.49. The molecule has 0 N–H and O–H groups in total. The Morgan fingerprint density at radius 2 is 1.62 bits per heavy atom. The van der Waals surface area contributed by atoms with Gasteiger partial charge in [0, 0.05) is 22.6 Å². The second kappa shape index (κ2) is 9.90. The van der Waals surface area contributed by atoms with E-state index in [1.807, 2.05) is 0 Å². The van der Waals surface area contributed by atoms with Crippen LogP contribution in [-0.2, 0) is 4.74 Å². The molecule has 0 radical (unpaired) electrons. The number of aromatic nitrogens is 1. The number of methoxy groups -OCH3 is 2. The molecule has 0 bridgehead atoms. The Kier molecular flexibility index (Phi) is 7.19. The predicted molar refractivity (Wildman–Crippen MR) is 116 cm³/mol. The molecular formula is C24H22F3NO6. The van der Waals surface area contributed by atoms with Gasteiger partial charge in [0.1, 0.15) is 5.75 Å². The number of Topliss-reactive ketones (excluding diaryl/α,β-unsaturated/α-hetero) is 1. The van der Waals surface area contributed by atoms with Gasteiger partial charge in [0.2, 0.25) is 5.78 Å². The molecule has 3 aromatic rings. The molecule has 0 spiro atoms. The molecule has 3 rings (SSSR count). The fourth-order valence-electron chi connectivity index (χ4n) is 3.49. The molecule has 0 saturated carbocycles. The molecule has 34 heavy (non-hydrogen) atoms. The summed E-state index contributed by atoms with van der Waals surface area (Å²) in [6.45, 7) is 3.21. The maximum Gasteiger partial charge on any atom is 0.573 e. The van der Waals surface area contributed by atoms with Crippen molar-refractivity contribution in [1.29, 1.82) is 0 Å². The Hall–Kier alpha value is -3.95. The van der Waals surface area contributed by atoms with E-state index in [4.69, 9.17) is 9.47 Å². The molecule has 0 fully saturated rings. The van der Waals surface area contributed by atoms with Crippen LogP contribution in [0.25, 0.3) is 5.69 Å². The van der Waals surface area contributed by atoms with Gasteiger partial charge in [-0.3, -0.25) is 4.79 Å². The lowest BCUT2D eigenvalue weighted by Gasteiger charge is -2.13. The smallest absolute Gasteiger partial charge is 0.493 e. The number of aryl methyl sites for hydroxylation is 1. The van der Waals surface area contributed by atoms with E-state index >= 15 is 0 Å². The summed E-state index contributed by atoms with van der Waals surface area (Å²) in [5.41, 5.74) is 2.56. The number of ketones is 1. The van der Waals surface area contributed by atoms with Crippen LogP contribution in [-0.4, -0.2) is 43.5 Å². The van der Waals surface area contributed by atoms with E-state index in [2.05, 4.69) is 9.47 Å². The molecule has 0 unspecified atom stereocenters. The topological polar surface area (TPSA) is 76.0 Å². The van der Waals surface area contributed by atoms with Gasteiger partial charge in [-0.2, -0.15) is 0 Å². The minimum atomic E-state index is -4.78. The number of benzene rings is 2. The Morgan fingerprint density at radius 3 is 2.21 bits per heavy atom. The quantitative estimate of drug-likeness (QED) is 0.334. The van der Waals surface area contributed by atoms with Crippen LogP contribution in [0.4, 0.5) is 13.2 Å². The van der Waals surface area contributed by atoms with Crippen molar-refractivity contribution in [2.24, 2.45) is 0 Å². The molecule has 0 atom stereocenters. The van der Waals surface area contributed by atoms with Crippen molar-refractivity contribution >= 4 is 11.8 Å². The third-order valence-corrected chi connectivity index (χ3v) is 5.00. The average molecular weight is 477 g/mol. The highest BCUT2D eigenvalue weighted by atomic mass is 19.4. The molecule has 2 aromatic carbocycles. The molecular weight excluding hydrogens is 455 g/mol. The zero-order chi connectivity index (χ0) is 25.0. The third-order valence-electron chi connectivity index (χ3n) is 5.00. The van der Waals surface area contributed by atoms with Crippen LogP contribution in [0.3, 0.4) is 0 Å². The van der Waals surface area contributed by atoms with Crippen molar-refractivity contribution in [1.82, 2.24) is 4.57 Å². The number of carbonyl (C=O) groups is 2. The first-order valence-corrected chi connectivity index (χ1v) is 10.0. The molecule has 0 amide bonds. The minimum absolute atomic E-state index is 0.266. The molecule has 1 aromatic heterocycles. The maximum absolute atomic E-state index is 12.9. The first kappa shape index (κ1) is 24.7. The molecule has 10 heteroatoms. The summed E-state index contributed by atoms with van der Waals surface area (Å²) in [4.78, 5) is 24.5. The van der Waals surface area contributed by atoms with Crippen LogP contribution in [0.2, 0.25) is 0 Å². The van der Waals surface area contributed by atoms with Crippen molar-refractivity contribution in [2.45, 2.75) is 20.2 Å². The zero-order valence-corrected chi connectivity index (χ0v) is 18.9. The number of nitrogens with zero attached hydrogens (tertiary/aromatic N) is 1. The van der Waals surface area contributed by atoms with Crippen LogP contribution in [0, 0.1) is 13.8 Å². The monoisotopic (exact) mass is 477 g/mol. The first-order valence-electron chi connectivity index (χ1n) is 10.0. The lowest BCUT2D eigenvalue weighted by molar-refractivity contribution is -0.274. The molecule has 180 valence electrons. The first-order chi connectivity index (χ1) is 16.0. The van der Waals surface area contributed by atoms with Crippen molar-refractivity contribution < 1.29 is 41.7 Å². The third kappa shape index (κ3) is 5.51. The number of hydrogen-bond donors (Lipinski definition) is 0. The number of carbonyl (C=O) groups excluding carboxylic acids is 2. The van der Waals surface area contributed by atoms with E-state index in [-0.39, 0.29) is 35.2 Å². The molecule has 0 saturated heterocycles. The van der Waals surface area contributed by atoms with Crippen LogP contribution in [0.1, 0.15) is 32.1 Å². The highest BCUT2D eigenvalue weighted by Crippen LogP contribution is 2.29. The molecule has 0 aliphatic carbocycles. The van der Waals surface area contributed by atoms with Gasteiger partial charge < -0.3 is 23.5 Å².